The first-order valence-corrected chi connectivity index (χ1v) is 10.9. The lowest BCUT2D eigenvalue weighted by atomic mass is 9.85. The molecule has 0 saturated carbocycles. The van der Waals surface area contributed by atoms with Crippen LogP contribution in [-0.2, 0) is 0 Å². The van der Waals surface area contributed by atoms with Crippen LogP contribution in [-0.4, -0.2) is 19.7 Å². The van der Waals surface area contributed by atoms with E-state index in [9.17, 15) is 0 Å². The molecule has 4 aromatic rings. The largest absolute Gasteiger partial charge is 0.480 e. The van der Waals surface area contributed by atoms with E-state index in [-0.39, 0.29) is 12.1 Å². The van der Waals surface area contributed by atoms with Crippen molar-refractivity contribution in [2.75, 3.05) is 5.32 Å². The van der Waals surface area contributed by atoms with Crippen LogP contribution in [0.3, 0.4) is 0 Å². The average molecular weight is 493 g/mol. The fourth-order valence-corrected chi connectivity index (χ4v) is 4.65. The molecule has 31 heavy (non-hydrogen) atoms. The molecule has 0 aliphatic carbocycles. The van der Waals surface area contributed by atoms with Crippen molar-refractivity contribution in [3.8, 4) is 5.75 Å². The first-order chi connectivity index (χ1) is 15.2. The summed E-state index contributed by atoms with van der Waals surface area (Å²) in [6.45, 7) is 0. The van der Waals surface area contributed by atoms with Crippen LogP contribution in [0, 0.1) is 0 Å². The highest BCUT2D eigenvalue weighted by molar-refractivity contribution is 9.10. The summed E-state index contributed by atoms with van der Waals surface area (Å²) in [6, 6.07) is 17.6. The third kappa shape index (κ3) is 3.04. The first kappa shape index (κ1) is 18.6. The smallest absolute Gasteiger partial charge is 0.226 e. The van der Waals surface area contributed by atoms with Gasteiger partial charge in [0.1, 0.15) is 24.2 Å². The van der Waals surface area contributed by atoms with E-state index >= 15 is 0 Å². The molecule has 152 valence electrons. The third-order valence-corrected chi connectivity index (χ3v) is 6.31. The second-order valence-electron chi connectivity index (χ2n) is 7.36. The Morgan fingerprint density at radius 3 is 2.74 bits per heavy atom. The maximum Gasteiger partial charge on any atom is 0.226 e. The minimum atomic E-state index is -0.327. The molecule has 6 rings (SSSR count). The van der Waals surface area contributed by atoms with Gasteiger partial charge in [0.15, 0.2) is 0 Å². The molecule has 6 nitrogen and oxygen atoms in total. The van der Waals surface area contributed by atoms with Crippen molar-refractivity contribution in [2.24, 2.45) is 0 Å². The topological polar surface area (TPSA) is 64.9 Å². The van der Waals surface area contributed by atoms with Crippen molar-refractivity contribution in [2.45, 2.75) is 12.1 Å². The van der Waals surface area contributed by atoms with Crippen molar-refractivity contribution in [3.05, 3.63) is 105 Å². The second kappa shape index (κ2) is 7.21. The van der Waals surface area contributed by atoms with Gasteiger partial charge >= 0.3 is 0 Å². The predicted molar refractivity (Wildman–Crippen MR) is 122 cm³/mol. The summed E-state index contributed by atoms with van der Waals surface area (Å²) in [4.78, 5) is 8.78. The van der Waals surface area contributed by atoms with Gasteiger partial charge in [-0.2, -0.15) is 10.1 Å². The first-order valence-electron chi connectivity index (χ1n) is 9.71. The summed E-state index contributed by atoms with van der Waals surface area (Å²) >= 11 is 9.88. The Labute approximate surface area is 191 Å². The molecule has 8 heteroatoms. The van der Waals surface area contributed by atoms with Gasteiger partial charge in [0.2, 0.25) is 5.95 Å². The number of halogens is 2. The molecule has 2 aromatic heterocycles. The molecule has 2 aliphatic heterocycles. The van der Waals surface area contributed by atoms with Gasteiger partial charge in [-0.3, -0.25) is 4.98 Å². The minimum absolute atomic E-state index is 0.233. The summed E-state index contributed by atoms with van der Waals surface area (Å²) in [5, 5.41) is 8.63. The zero-order valence-corrected chi connectivity index (χ0v) is 18.4. The quantitative estimate of drug-likeness (QED) is 0.392. The fourth-order valence-electron chi connectivity index (χ4n) is 4.21. The second-order valence-corrected chi connectivity index (χ2v) is 8.71. The molecule has 2 aliphatic rings. The molecular formula is C23H15BrClN5O. The summed E-state index contributed by atoms with van der Waals surface area (Å²) < 4.78 is 9.46. The van der Waals surface area contributed by atoms with E-state index < -0.39 is 0 Å². The summed E-state index contributed by atoms with van der Waals surface area (Å²) in [5.41, 5.74) is 4.91. The van der Waals surface area contributed by atoms with Crippen molar-refractivity contribution in [3.63, 3.8) is 0 Å². The van der Waals surface area contributed by atoms with Crippen LogP contribution < -0.4 is 10.1 Å². The van der Waals surface area contributed by atoms with Gasteiger partial charge in [-0.05, 0) is 47.5 Å². The lowest BCUT2D eigenvalue weighted by molar-refractivity contribution is 0.223. The van der Waals surface area contributed by atoms with Gasteiger partial charge < -0.3 is 10.1 Å². The number of fused-ring (bicyclic) bond motifs is 3. The summed E-state index contributed by atoms with van der Waals surface area (Å²) in [7, 11) is 0. The third-order valence-electron chi connectivity index (χ3n) is 5.55. The Morgan fingerprint density at radius 1 is 1.06 bits per heavy atom. The van der Waals surface area contributed by atoms with E-state index in [1.54, 1.807) is 12.5 Å². The number of hydrogen-bond acceptors (Lipinski definition) is 5. The number of benzene rings is 2. The predicted octanol–water partition coefficient (Wildman–Crippen LogP) is 5.65. The van der Waals surface area contributed by atoms with Gasteiger partial charge in [-0.1, -0.05) is 45.7 Å². The molecule has 0 fully saturated rings. The lowest BCUT2D eigenvalue weighted by Crippen LogP contribution is -2.32. The van der Waals surface area contributed by atoms with Gasteiger partial charge in [0.25, 0.3) is 0 Å². The number of nitrogens with one attached hydrogen (secondary N) is 1. The molecule has 4 heterocycles. The number of pyridine rings is 1. The normalized spacial score (nSPS) is 19.0. The maximum absolute atomic E-state index is 6.57. The number of aromatic nitrogens is 4. The molecular weight excluding hydrogens is 478 g/mol. The molecule has 2 unspecified atom stereocenters. The number of hydrogen-bond donors (Lipinski definition) is 1. The van der Waals surface area contributed by atoms with E-state index in [2.05, 4.69) is 48.4 Å². The van der Waals surface area contributed by atoms with Gasteiger partial charge in [0, 0.05) is 33.0 Å². The Kier molecular flexibility index (Phi) is 4.33. The Hall–Kier alpha value is -3.16. The van der Waals surface area contributed by atoms with E-state index in [1.165, 1.54) is 0 Å². The molecule has 2 aromatic carbocycles. The molecule has 0 spiro atoms. The van der Waals surface area contributed by atoms with Crippen molar-refractivity contribution < 1.29 is 4.74 Å². The van der Waals surface area contributed by atoms with Gasteiger partial charge in [-0.15, -0.1) is 0 Å². The molecule has 0 amide bonds. The highest BCUT2D eigenvalue weighted by Gasteiger charge is 2.41. The fraction of sp³-hybridized carbons (Fsp3) is 0.0870. The summed E-state index contributed by atoms with van der Waals surface area (Å²) in [6.07, 6.45) is 4.85. The monoisotopic (exact) mass is 491 g/mol. The Bertz CT molecular complexity index is 1320. The summed E-state index contributed by atoms with van der Waals surface area (Å²) in [5.74, 6) is 1.43. The van der Waals surface area contributed by atoms with E-state index in [0.29, 0.717) is 11.0 Å². The molecule has 0 saturated heterocycles. The van der Waals surface area contributed by atoms with E-state index in [1.807, 2.05) is 53.3 Å². The average Bonchev–Trinajstić information content (AvgIpc) is 3.27. The van der Waals surface area contributed by atoms with Crippen molar-refractivity contribution in [1.82, 2.24) is 19.7 Å². The SMILES string of the molecule is Clc1ccc2c(c1)C1=C(C(c3ccc(Br)cc3)O2)C(c2cccnc2)n2ncnc2N1. The van der Waals surface area contributed by atoms with Crippen LogP contribution in [0.5, 0.6) is 5.75 Å². The van der Waals surface area contributed by atoms with Crippen LogP contribution in [0.25, 0.3) is 5.70 Å². The zero-order chi connectivity index (χ0) is 20.9. The van der Waals surface area contributed by atoms with Crippen LogP contribution in [0.4, 0.5) is 5.95 Å². The lowest BCUT2D eigenvalue weighted by Gasteiger charge is -2.38. The molecule has 0 bridgehead atoms. The van der Waals surface area contributed by atoms with Crippen molar-refractivity contribution >= 4 is 39.2 Å². The minimum Gasteiger partial charge on any atom is -0.480 e. The zero-order valence-electron chi connectivity index (χ0n) is 16.0. The van der Waals surface area contributed by atoms with Gasteiger partial charge in [0.05, 0.1) is 5.70 Å². The number of nitrogens with zero attached hydrogens (tertiary/aromatic N) is 4. The molecule has 2 atom stereocenters. The molecule has 1 N–H and O–H groups in total. The van der Waals surface area contributed by atoms with Crippen LogP contribution in [0.1, 0.15) is 28.8 Å². The van der Waals surface area contributed by atoms with Crippen LogP contribution in [0.2, 0.25) is 5.02 Å². The van der Waals surface area contributed by atoms with Crippen molar-refractivity contribution in [1.29, 1.82) is 0 Å². The van der Waals surface area contributed by atoms with E-state index in [0.717, 1.165) is 38.2 Å². The Morgan fingerprint density at radius 2 is 1.94 bits per heavy atom. The van der Waals surface area contributed by atoms with Gasteiger partial charge in [-0.25, -0.2) is 4.68 Å². The maximum atomic E-state index is 6.57. The van der Waals surface area contributed by atoms with Crippen LogP contribution >= 0.6 is 27.5 Å². The standard InChI is InChI=1S/C23H15BrClN5O/c24-15-5-3-13(4-6-15)22-19-20(17-10-16(25)7-8-18(17)31-22)29-23-27-12-28-30(23)21(19)14-2-1-9-26-11-14/h1-12,21-22H,(H,27,28,29). The Balaban J connectivity index is 1.64. The number of anilines is 1. The number of ether oxygens (including phenoxy) is 1. The van der Waals surface area contributed by atoms with Crippen LogP contribution in [0.15, 0.2) is 83.4 Å². The highest BCUT2D eigenvalue weighted by Crippen LogP contribution is 2.50. The number of rotatable bonds is 2. The highest BCUT2D eigenvalue weighted by atomic mass is 79.9. The molecule has 0 radical (unpaired) electrons. The van der Waals surface area contributed by atoms with E-state index in [4.69, 9.17) is 16.3 Å².